The summed E-state index contributed by atoms with van der Waals surface area (Å²) in [7, 11) is 0. The van der Waals surface area contributed by atoms with Gasteiger partial charge in [-0.15, -0.1) is 0 Å². The molecule has 0 heterocycles. The molecule has 0 aliphatic heterocycles. The maximum atomic E-state index is 11.9. The van der Waals surface area contributed by atoms with E-state index in [9.17, 15) is 14.4 Å². The molecule has 0 unspecified atom stereocenters. The molecule has 0 saturated heterocycles. The molecule has 2 aromatic rings. The van der Waals surface area contributed by atoms with Gasteiger partial charge in [-0.3, -0.25) is 9.59 Å². The van der Waals surface area contributed by atoms with Crippen LogP contribution in [0.5, 0.6) is 0 Å². The van der Waals surface area contributed by atoms with Gasteiger partial charge in [0.25, 0.3) is 5.91 Å². The molecule has 0 aromatic heterocycles. The number of benzene rings is 2. The minimum Gasteiger partial charge on any atom is -0.452 e. The summed E-state index contributed by atoms with van der Waals surface area (Å²) in [5.74, 6) is -1.40. The van der Waals surface area contributed by atoms with E-state index in [2.05, 4.69) is 5.32 Å². The van der Waals surface area contributed by atoms with Crippen molar-refractivity contribution in [3.63, 3.8) is 0 Å². The number of carbonyl (C=O) groups is 3. The number of esters is 1. The standard InChI is InChI=1S/C18H14N2O4/c1-12(21)15-4-2-3-5-16(15)20-17(22)11-24-18(23)14-8-6-13(10-19)7-9-14/h2-9H,11H2,1H3,(H,20,22). The molecule has 1 amide bonds. The number of amides is 1. The fourth-order valence-electron chi connectivity index (χ4n) is 1.98. The van der Waals surface area contributed by atoms with Gasteiger partial charge in [0.05, 0.1) is 22.9 Å². The highest BCUT2D eigenvalue weighted by Gasteiger charge is 2.13. The number of Topliss-reactive ketones (excluding diaryl/α,β-unsaturated/α-hetero) is 1. The Kier molecular flexibility index (Phi) is 5.42. The zero-order valence-electron chi connectivity index (χ0n) is 12.9. The molecule has 0 spiro atoms. The van der Waals surface area contributed by atoms with Crippen molar-refractivity contribution in [2.75, 3.05) is 11.9 Å². The summed E-state index contributed by atoms with van der Waals surface area (Å²) in [6.07, 6.45) is 0. The maximum Gasteiger partial charge on any atom is 0.338 e. The van der Waals surface area contributed by atoms with E-state index >= 15 is 0 Å². The zero-order valence-corrected chi connectivity index (χ0v) is 12.9. The van der Waals surface area contributed by atoms with Gasteiger partial charge >= 0.3 is 5.97 Å². The number of ketones is 1. The fraction of sp³-hybridized carbons (Fsp3) is 0.111. The molecule has 0 atom stereocenters. The largest absolute Gasteiger partial charge is 0.452 e. The Labute approximate surface area is 138 Å². The molecule has 24 heavy (non-hydrogen) atoms. The highest BCUT2D eigenvalue weighted by molar-refractivity contribution is 6.04. The molecule has 0 aliphatic carbocycles. The lowest BCUT2D eigenvalue weighted by Gasteiger charge is -2.09. The summed E-state index contributed by atoms with van der Waals surface area (Å²) < 4.78 is 4.92. The Hall–Kier alpha value is -3.46. The van der Waals surface area contributed by atoms with E-state index in [1.54, 1.807) is 24.3 Å². The first kappa shape index (κ1) is 16.9. The predicted octanol–water partition coefficient (Wildman–Crippen LogP) is 2.56. The second-order valence-corrected chi connectivity index (χ2v) is 4.92. The number of para-hydroxylation sites is 1. The molecule has 0 radical (unpaired) electrons. The number of nitrogens with one attached hydrogen (secondary N) is 1. The van der Waals surface area contributed by atoms with Gasteiger partial charge in [0.2, 0.25) is 0 Å². The summed E-state index contributed by atoms with van der Waals surface area (Å²) in [4.78, 5) is 35.2. The van der Waals surface area contributed by atoms with Gasteiger partial charge in [-0.2, -0.15) is 5.26 Å². The van der Waals surface area contributed by atoms with E-state index in [0.717, 1.165) is 0 Å². The van der Waals surface area contributed by atoms with Crippen molar-refractivity contribution >= 4 is 23.3 Å². The quantitative estimate of drug-likeness (QED) is 0.674. The number of anilines is 1. The van der Waals surface area contributed by atoms with Gasteiger partial charge in [0, 0.05) is 5.56 Å². The predicted molar refractivity (Wildman–Crippen MR) is 86.5 cm³/mol. The van der Waals surface area contributed by atoms with Crippen molar-refractivity contribution in [1.29, 1.82) is 5.26 Å². The number of ether oxygens (including phenoxy) is 1. The third-order valence-corrected chi connectivity index (χ3v) is 3.16. The van der Waals surface area contributed by atoms with Crippen LogP contribution in [0.1, 0.15) is 33.2 Å². The molecule has 0 bridgehead atoms. The number of hydrogen-bond acceptors (Lipinski definition) is 5. The summed E-state index contributed by atoms with van der Waals surface area (Å²) in [5.41, 5.74) is 1.41. The second kappa shape index (κ2) is 7.70. The smallest absolute Gasteiger partial charge is 0.338 e. The molecular weight excluding hydrogens is 308 g/mol. The number of nitriles is 1. The molecule has 2 rings (SSSR count). The maximum absolute atomic E-state index is 11.9. The Morgan fingerprint density at radius 3 is 2.38 bits per heavy atom. The van der Waals surface area contributed by atoms with Crippen molar-refractivity contribution in [3.05, 3.63) is 65.2 Å². The first-order valence-electron chi connectivity index (χ1n) is 7.08. The molecule has 6 heteroatoms. The SMILES string of the molecule is CC(=O)c1ccccc1NC(=O)COC(=O)c1ccc(C#N)cc1. The third-order valence-electron chi connectivity index (χ3n) is 3.16. The van der Waals surface area contributed by atoms with Crippen LogP contribution in [0.15, 0.2) is 48.5 Å². The molecule has 6 nitrogen and oxygen atoms in total. The molecule has 120 valence electrons. The lowest BCUT2D eigenvalue weighted by molar-refractivity contribution is -0.119. The average molecular weight is 322 g/mol. The molecule has 1 N–H and O–H groups in total. The van der Waals surface area contributed by atoms with Crippen molar-refractivity contribution < 1.29 is 19.1 Å². The van der Waals surface area contributed by atoms with E-state index in [1.807, 2.05) is 6.07 Å². The van der Waals surface area contributed by atoms with Gasteiger partial charge in [-0.05, 0) is 43.3 Å². The van der Waals surface area contributed by atoms with Gasteiger partial charge in [-0.1, -0.05) is 12.1 Å². The third kappa shape index (κ3) is 4.27. The summed E-state index contributed by atoms with van der Waals surface area (Å²) in [5, 5.41) is 11.2. The molecule has 0 fully saturated rings. The van der Waals surface area contributed by atoms with Crippen molar-refractivity contribution in [2.24, 2.45) is 0 Å². The Morgan fingerprint density at radius 2 is 1.75 bits per heavy atom. The Morgan fingerprint density at radius 1 is 1.08 bits per heavy atom. The number of carbonyl (C=O) groups excluding carboxylic acids is 3. The van der Waals surface area contributed by atoms with E-state index in [1.165, 1.54) is 31.2 Å². The average Bonchev–Trinajstić information content (AvgIpc) is 2.60. The van der Waals surface area contributed by atoms with Crippen molar-refractivity contribution in [3.8, 4) is 6.07 Å². The van der Waals surface area contributed by atoms with Crippen LogP contribution in [-0.2, 0) is 9.53 Å². The van der Waals surface area contributed by atoms with Crippen LogP contribution in [0.25, 0.3) is 0 Å². The molecular formula is C18H14N2O4. The highest BCUT2D eigenvalue weighted by atomic mass is 16.5. The number of hydrogen-bond donors (Lipinski definition) is 1. The minimum atomic E-state index is -0.672. The number of rotatable bonds is 5. The van der Waals surface area contributed by atoms with Gasteiger partial charge in [0.1, 0.15) is 0 Å². The van der Waals surface area contributed by atoms with Crippen LogP contribution < -0.4 is 5.32 Å². The topological polar surface area (TPSA) is 96.3 Å². The van der Waals surface area contributed by atoms with E-state index in [0.29, 0.717) is 16.8 Å². The normalized spacial score (nSPS) is 9.67. The van der Waals surface area contributed by atoms with Gasteiger partial charge in [0.15, 0.2) is 12.4 Å². The molecule has 0 aliphatic rings. The van der Waals surface area contributed by atoms with E-state index in [4.69, 9.17) is 10.00 Å². The van der Waals surface area contributed by atoms with Crippen molar-refractivity contribution in [1.82, 2.24) is 0 Å². The fourth-order valence-corrected chi connectivity index (χ4v) is 1.98. The van der Waals surface area contributed by atoms with Crippen LogP contribution in [0.2, 0.25) is 0 Å². The van der Waals surface area contributed by atoms with Crippen LogP contribution in [0.3, 0.4) is 0 Å². The Bertz CT molecular complexity index is 820. The first-order chi connectivity index (χ1) is 11.5. The van der Waals surface area contributed by atoms with Crippen LogP contribution in [-0.4, -0.2) is 24.3 Å². The van der Waals surface area contributed by atoms with Crippen LogP contribution in [0, 0.1) is 11.3 Å². The lowest BCUT2D eigenvalue weighted by Crippen LogP contribution is -2.22. The minimum absolute atomic E-state index is 0.180. The Balaban J connectivity index is 1.95. The molecule has 0 saturated carbocycles. The highest BCUT2D eigenvalue weighted by Crippen LogP contribution is 2.15. The number of nitrogens with zero attached hydrogens (tertiary/aromatic N) is 1. The summed E-state index contributed by atoms with van der Waals surface area (Å²) >= 11 is 0. The lowest BCUT2D eigenvalue weighted by atomic mass is 10.1. The van der Waals surface area contributed by atoms with Gasteiger partial charge in [-0.25, -0.2) is 4.79 Å². The van der Waals surface area contributed by atoms with Crippen LogP contribution >= 0.6 is 0 Å². The summed E-state index contributed by atoms with van der Waals surface area (Å²) in [6.45, 7) is 0.918. The van der Waals surface area contributed by atoms with E-state index in [-0.39, 0.29) is 11.3 Å². The molecule has 2 aromatic carbocycles. The zero-order chi connectivity index (χ0) is 17.5. The first-order valence-corrected chi connectivity index (χ1v) is 7.08. The van der Waals surface area contributed by atoms with Crippen molar-refractivity contribution in [2.45, 2.75) is 6.92 Å². The second-order valence-electron chi connectivity index (χ2n) is 4.92. The van der Waals surface area contributed by atoms with Crippen LogP contribution in [0.4, 0.5) is 5.69 Å². The summed E-state index contributed by atoms with van der Waals surface area (Å²) in [6, 6.07) is 14.4. The van der Waals surface area contributed by atoms with Gasteiger partial charge < -0.3 is 10.1 Å². The monoisotopic (exact) mass is 322 g/mol. The van der Waals surface area contributed by atoms with E-state index < -0.39 is 18.5 Å².